The van der Waals surface area contributed by atoms with Gasteiger partial charge in [-0.15, -0.1) is 0 Å². The molecule has 0 fully saturated rings. The zero-order chi connectivity index (χ0) is 24.7. The van der Waals surface area contributed by atoms with Gasteiger partial charge in [0.1, 0.15) is 11.5 Å². The second kappa shape index (κ2) is 9.00. The van der Waals surface area contributed by atoms with Crippen molar-refractivity contribution in [1.82, 2.24) is 4.57 Å². The predicted octanol–water partition coefficient (Wildman–Crippen LogP) is 3.99. The molecule has 1 atom stereocenters. The first-order valence-corrected chi connectivity index (χ1v) is 12.0. The fourth-order valence-electron chi connectivity index (χ4n) is 4.70. The molecule has 1 aliphatic heterocycles. The topological polar surface area (TPSA) is 69.9 Å². The Morgan fingerprint density at radius 1 is 0.971 bits per heavy atom. The lowest BCUT2D eigenvalue weighted by Gasteiger charge is -2.25. The summed E-state index contributed by atoms with van der Waals surface area (Å²) in [6.45, 7) is 3.32. The van der Waals surface area contributed by atoms with Crippen molar-refractivity contribution >= 4 is 34.0 Å². The summed E-state index contributed by atoms with van der Waals surface area (Å²) in [6, 6.07) is 18.6. The lowest BCUT2D eigenvalue weighted by atomic mass is 9.93. The molecule has 7 heteroatoms. The van der Waals surface area contributed by atoms with E-state index < -0.39 is 6.04 Å². The van der Waals surface area contributed by atoms with E-state index in [0.717, 1.165) is 27.6 Å². The van der Waals surface area contributed by atoms with E-state index in [1.807, 2.05) is 73.7 Å². The van der Waals surface area contributed by atoms with Crippen LogP contribution in [0.5, 0.6) is 11.5 Å². The van der Waals surface area contributed by atoms with Gasteiger partial charge in [0.25, 0.3) is 5.56 Å². The maximum Gasteiger partial charge on any atom is 0.271 e. The molecule has 3 aromatic carbocycles. The minimum atomic E-state index is -0.616. The summed E-state index contributed by atoms with van der Waals surface area (Å²) >= 11 is 1.32. The molecule has 176 valence electrons. The molecular weight excluding hydrogens is 460 g/mol. The van der Waals surface area contributed by atoms with Crippen LogP contribution < -0.4 is 24.4 Å². The van der Waals surface area contributed by atoms with Gasteiger partial charge in [-0.05, 0) is 43.0 Å². The Morgan fingerprint density at radius 2 is 1.66 bits per heavy atom. The van der Waals surface area contributed by atoms with Crippen molar-refractivity contribution in [2.24, 2.45) is 4.99 Å². The third-order valence-corrected chi connectivity index (χ3v) is 7.24. The average Bonchev–Trinajstić information content (AvgIpc) is 3.17. The van der Waals surface area contributed by atoms with Gasteiger partial charge < -0.3 is 9.47 Å². The summed E-state index contributed by atoms with van der Waals surface area (Å²) < 4.78 is 13.3. The van der Waals surface area contributed by atoms with Crippen LogP contribution in [0, 0.1) is 0 Å². The van der Waals surface area contributed by atoms with E-state index >= 15 is 0 Å². The molecule has 0 spiro atoms. The van der Waals surface area contributed by atoms with Crippen LogP contribution >= 0.6 is 11.3 Å². The first kappa shape index (κ1) is 22.8. The number of allylic oxidation sites excluding steroid dienone is 2. The number of fused-ring (bicyclic) bond motifs is 2. The van der Waals surface area contributed by atoms with E-state index in [1.54, 1.807) is 18.8 Å². The highest BCUT2D eigenvalue weighted by Crippen LogP contribution is 2.35. The van der Waals surface area contributed by atoms with E-state index in [1.165, 1.54) is 18.3 Å². The van der Waals surface area contributed by atoms with Crippen molar-refractivity contribution in [3.63, 3.8) is 0 Å². The van der Waals surface area contributed by atoms with Crippen LogP contribution in [0.2, 0.25) is 0 Å². The molecule has 0 aliphatic carbocycles. The Kier molecular flexibility index (Phi) is 5.86. The van der Waals surface area contributed by atoms with Crippen LogP contribution in [-0.2, 0) is 4.79 Å². The first-order valence-electron chi connectivity index (χ1n) is 11.2. The predicted molar refractivity (Wildman–Crippen MR) is 138 cm³/mol. The smallest absolute Gasteiger partial charge is 0.271 e. The monoisotopic (exact) mass is 484 g/mol. The van der Waals surface area contributed by atoms with Gasteiger partial charge >= 0.3 is 0 Å². The lowest BCUT2D eigenvalue weighted by molar-refractivity contribution is -0.114. The first-order chi connectivity index (χ1) is 16.9. The van der Waals surface area contributed by atoms with Crippen molar-refractivity contribution in [3.05, 3.63) is 103 Å². The number of ketones is 1. The molecule has 35 heavy (non-hydrogen) atoms. The Labute approximate surface area is 206 Å². The summed E-state index contributed by atoms with van der Waals surface area (Å²) in [7, 11) is 3.23. The van der Waals surface area contributed by atoms with Crippen LogP contribution in [0.3, 0.4) is 0 Å². The Hall–Kier alpha value is -3.97. The van der Waals surface area contributed by atoms with E-state index in [9.17, 15) is 9.59 Å². The number of para-hydroxylation sites is 1. The Bertz CT molecular complexity index is 1690. The molecule has 0 radical (unpaired) electrons. The largest absolute Gasteiger partial charge is 0.496 e. The van der Waals surface area contributed by atoms with Crippen molar-refractivity contribution in [3.8, 4) is 11.5 Å². The van der Waals surface area contributed by atoms with Crippen LogP contribution in [0.4, 0.5) is 0 Å². The molecule has 0 saturated carbocycles. The van der Waals surface area contributed by atoms with E-state index in [2.05, 4.69) is 4.99 Å². The molecule has 1 aromatic heterocycles. The van der Waals surface area contributed by atoms with Gasteiger partial charge in [-0.2, -0.15) is 0 Å². The minimum Gasteiger partial charge on any atom is -0.496 e. The molecule has 0 saturated heterocycles. The number of carbonyl (C=O) groups is 1. The van der Waals surface area contributed by atoms with Crippen molar-refractivity contribution in [2.75, 3.05) is 14.2 Å². The van der Waals surface area contributed by atoms with Gasteiger partial charge in [0.2, 0.25) is 0 Å². The summed E-state index contributed by atoms with van der Waals surface area (Å²) in [4.78, 5) is 31.8. The van der Waals surface area contributed by atoms with E-state index in [4.69, 9.17) is 9.47 Å². The Morgan fingerprint density at radius 3 is 2.37 bits per heavy atom. The third kappa shape index (κ3) is 3.78. The number of aromatic nitrogens is 1. The SMILES string of the molecule is COc1ccccc1[C@H]1C(C(C)=O)=C(C)N=c2s/c(=C\c3ccc(OC)c4ccccc34)c(=O)n21. The molecule has 0 unspecified atom stereocenters. The molecule has 2 heterocycles. The van der Waals surface area contributed by atoms with Crippen molar-refractivity contribution < 1.29 is 14.3 Å². The number of thiazole rings is 1. The number of rotatable bonds is 5. The van der Waals surface area contributed by atoms with E-state index in [-0.39, 0.29) is 11.3 Å². The van der Waals surface area contributed by atoms with Gasteiger partial charge in [0.15, 0.2) is 10.6 Å². The standard InChI is InChI=1S/C28H24N2O4S/c1-16-25(17(2)31)26(21-11-7-8-12-22(21)33-3)30-27(32)24(35-28(30)29-16)15-18-13-14-23(34-4)20-10-6-5-9-19(18)20/h5-15,26H,1-4H3/b24-15-/t26-/m0/s1. The molecule has 1 aliphatic rings. The van der Waals surface area contributed by atoms with E-state index in [0.29, 0.717) is 26.4 Å². The van der Waals surface area contributed by atoms with Gasteiger partial charge in [-0.25, -0.2) is 4.99 Å². The molecule has 5 rings (SSSR count). The maximum absolute atomic E-state index is 13.8. The molecule has 4 aromatic rings. The zero-order valence-corrected chi connectivity index (χ0v) is 20.7. The van der Waals surface area contributed by atoms with Gasteiger partial charge in [-0.1, -0.05) is 59.9 Å². The third-order valence-electron chi connectivity index (χ3n) is 6.26. The van der Waals surface area contributed by atoms with Crippen molar-refractivity contribution in [2.45, 2.75) is 19.9 Å². The van der Waals surface area contributed by atoms with Crippen LogP contribution in [0.15, 0.2) is 81.7 Å². The fourth-order valence-corrected chi connectivity index (χ4v) is 5.73. The number of hydrogen-bond acceptors (Lipinski definition) is 6. The number of hydrogen-bond donors (Lipinski definition) is 0. The highest BCUT2D eigenvalue weighted by Gasteiger charge is 2.32. The van der Waals surface area contributed by atoms with Crippen molar-refractivity contribution in [1.29, 1.82) is 0 Å². The number of benzene rings is 3. The number of ether oxygens (including phenoxy) is 2. The summed E-state index contributed by atoms with van der Waals surface area (Å²) in [6.07, 6.45) is 1.89. The summed E-state index contributed by atoms with van der Waals surface area (Å²) in [5.74, 6) is 1.26. The summed E-state index contributed by atoms with van der Waals surface area (Å²) in [5.41, 5.74) is 2.55. The fraction of sp³-hybridized carbons (Fsp3) is 0.179. The Balaban J connectivity index is 1.79. The molecular formula is C28H24N2O4S. The molecule has 0 amide bonds. The zero-order valence-electron chi connectivity index (χ0n) is 19.9. The molecule has 6 nitrogen and oxygen atoms in total. The number of Topliss-reactive ketones (excluding diaryl/α,β-unsaturated/α-hetero) is 1. The highest BCUT2D eigenvalue weighted by atomic mass is 32.1. The number of nitrogens with zero attached hydrogens (tertiary/aromatic N) is 2. The second-order valence-corrected chi connectivity index (χ2v) is 9.29. The summed E-state index contributed by atoms with van der Waals surface area (Å²) in [5, 5.41) is 1.96. The number of methoxy groups -OCH3 is 2. The van der Waals surface area contributed by atoms with Crippen LogP contribution in [0.25, 0.3) is 16.8 Å². The molecule has 0 bridgehead atoms. The van der Waals surface area contributed by atoms with Crippen LogP contribution in [0.1, 0.15) is 31.0 Å². The number of carbonyl (C=O) groups excluding carboxylic acids is 1. The van der Waals surface area contributed by atoms with Crippen LogP contribution in [-0.4, -0.2) is 24.6 Å². The minimum absolute atomic E-state index is 0.127. The second-order valence-electron chi connectivity index (χ2n) is 8.28. The van der Waals surface area contributed by atoms with Gasteiger partial charge in [-0.3, -0.25) is 14.2 Å². The maximum atomic E-state index is 13.8. The lowest BCUT2D eigenvalue weighted by Crippen LogP contribution is -2.39. The highest BCUT2D eigenvalue weighted by molar-refractivity contribution is 7.07. The van der Waals surface area contributed by atoms with Gasteiger partial charge in [0.05, 0.1) is 24.8 Å². The molecule has 0 N–H and O–H groups in total. The van der Waals surface area contributed by atoms with Gasteiger partial charge in [0, 0.05) is 22.2 Å². The normalized spacial score (nSPS) is 15.7. The quantitative estimate of drug-likeness (QED) is 0.430. The average molecular weight is 485 g/mol.